The molecular formula is C13H15NOS. The van der Waals surface area contributed by atoms with E-state index in [0.717, 1.165) is 21.1 Å². The van der Waals surface area contributed by atoms with E-state index in [2.05, 4.69) is 36.2 Å². The molecule has 3 heteroatoms. The Bertz CT molecular complexity index is 485. The predicted molar refractivity (Wildman–Crippen MR) is 67.7 cm³/mol. The Morgan fingerprint density at radius 3 is 2.31 bits per heavy atom. The van der Waals surface area contributed by atoms with Crippen LogP contribution in [0.15, 0.2) is 24.3 Å². The van der Waals surface area contributed by atoms with E-state index in [1.807, 2.05) is 6.92 Å². The van der Waals surface area contributed by atoms with Gasteiger partial charge in [0, 0.05) is 5.56 Å². The van der Waals surface area contributed by atoms with E-state index in [1.54, 1.807) is 18.3 Å². The van der Waals surface area contributed by atoms with Gasteiger partial charge in [0.15, 0.2) is 0 Å². The van der Waals surface area contributed by atoms with Crippen molar-refractivity contribution in [3.8, 4) is 10.6 Å². The van der Waals surface area contributed by atoms with Crippen molar-refractivity contribution in [2.45, 2.75) is 26.9 Å². The van der Waals surface area contributed by atoms with E-state index in [9.17, 15) is 5.11 Å². The summed E-state index contributed by atoms with van der Waals surface area (Å²) in [5.74, 6) is 0. The first-order chi connectivity index (χ1) is 7.58. The average Bonchev–Trinajstić information content (AvgIpc) is 2.61. The SMILES string of the molecule is Cc1ccc(-c2nc(C)c(C(C)O)s2)cc1. The highest BCUT2D eigenvalue weighted by molar-refractivity contribution is 7.15. The second-order valence-electron chi connectivity index (χ2n) is 4.01. The van der Waals surface area contributed by atoms with Crippen molar-refractivity contribution in [3.63, 3.8) is 0 Å². The van der Waals surface area contributed by atoms with Crippen LogP contribution >= 0.6 is 11.3 Å². The molecular weight excluding hydrogens is 218 g/mol. The fourth-order valence-electron chi connectivity index (χ4n) is 1.62. The average molecular weight is 233 g/mol. The molecule has 0 aliphatic carbocycles. The van der Waals surface area contributed by atoms with Crippen molar-refractivity contribution in [3.05, 3.63) is 40.4 Å². The highest BCUT2D eigenvalue weighted by atomic mass is 32.1. The van der Waals surface area contributed by atoms with Crippen LogP contribution in [0.5, 0.6) is 0 Å². The normalized spacial score (nSPS) is 12.8. The number of rotatable bonds is 2. The van der Waals surface area contributed by atoms with Gasteiger partial charge in [-0.1, -0.05) is 29.8 Å². The minimum absolute atomic E-state index is 0.434. The first-order valence-electron chi connectivity index (χ1n) is 5.30. The second-order valence-corrected chi connectivity index (χ2v) is 5.04. The van der Waals surface area contributed by atoms with Crippen LogP contribution < -0.4 is 0 Å². The molecule has 84 valence electrons. The lowest BCUT2D eigenvalue weighted by molar-refractivity contribution is 0.202. The molecule has 16 heavy (non-hydrogen) atoms. The lowest BCUT2D eigenvalue weighted by atomic mass is 10.2. The molecule has 0 radical (unpaired) electrons. The Balaban J connectivity index is 2.41. The van der Waals surface area contributed by atoms with Crippen molar-refractivity contribution in [2.75, 3.05) is 0 Å². The minimum Gasteiger partial charge on any atom is -0.388 e. The molecule has 0 fully saturated rings. The summed E-state index contributed by atoms with van der Waals surface area (Å²) in [7, 11) is 0. The van der Waals surface area contributed by atoms with E-state index in [-0.39, 0.29) is 0 Å². The topological polar surface area (TPSA) is 33.1 Å². The quantitative estimate of drug-likeness (QED) is 0.861. The maximum absolute atomic E-state index is 9.58. The third-order valence-corrected chi connectivity index (χ3v) is 3.89. The Kier molecular flexibility index (Phi) is 3.08. The molecule has 1 aromatic carbocycles. The number of aromatic nitrogens is 1. The number of thiazole rings is 1. The second kappa shape index (κ2) is 4.36. The molecule has 0 amide bonds. The summed E-state index contributed by atoms with van der Waals surface area (Å²) in [5, 5.41) is 10.6. The monoisotopic (exact) mass is 233 g/mol. The zero-order chi connectivity index (χ0) is 11.7. The number of aliphatic hydroxyl groups is 1. The molecule has 0 bridgehead atoms. The van der Waals surface area contributed by atoms with Crippen molar-refractivity contribution >= 4 is 11.3 Å². The van der Waals surface area contributed by atoms with Crippen molar-refractivity contribution < 1.29 is 5.11 Å². The molecule has 2 rings (SSSR count). The van der Waals surface area contributed by atoms with Gasteiger partial charge in [0.1, 0.15) is 5.01 Å². The van der Waals surface area contributed by atoms with Gasteiger partial charge >= 0.3 is 0 Å². The van der Waals surface area contributed by atoms with Crippen LogP contribution in [0, 0.1) is 13.8 Å². The maximum atomic E-state index is 9.58. The Hall–Kier alpha value is -1.19. The van der Waals surface area contributed by atoms with Crippen LogP contribution in [0.1, 0.15) is 29.2 Å². The molecule has 0 saturated carbocycles. The molecule has 2 aromatic rings. The predicted octanol–water partition coefficient (Wildman–Crippen LogP) is 3.48. The lowest BCUT2D eigenvalue weighted by Gasteiger charge is -1.99. The van der Waals surface area contributed by atoms with E-state index < -0.39 is 6.10 Å². The molecule has 0 aliphatic rings. The third kappa shape index (κ3) is 2.15. The Labute approximate surface area is 99.6 Å². The van der Waals surface area contributed by atoms with Crippen molar-refractivity contribution in [2.24, 2.45) is 0 Å². The van der Waals surface area contributed by atoms with Gasteiger partial charge in [-0.3, -0.25) is 0 Å². The third-order valence-electron chi connectivity index (χ3n) is 2.51. The number of hydrogen-bond acceptors (Lipinski definition) is 3. The highest BCUT2D eigenvalue weighted by Crippen LogP contribution is 2.31. The maximum Gasteiger partial charge on any atom is 0.123 e. The van der Waals surface area contributed by atoms with Crippen LogP contribution in [0.3, 0.4) is 0 Å². The van der Waals surface area contributed by atoms with Gasteiger partial charge in [-0.05, 0) is 20.8 Å². The first-order valence-corrected chi connectivity index (χ1v) is 6.12. The van der Waals surface area contributed by atoms with Gasteiger partial charge in [-0.15, -0.1) is 11.3 Å². The van der Waals surface area contributed by atoms with Gasteiger partial charge in [0.2, 0.25) is 0 Å². The molecule has 1 N–H and O–H groups in total. The van der Waals surface area contributed by atoms with Gasteiger partial charge in [-0.25, -0.2) is 4.98 Å². The van der Waals surface area contributed by atoms with Gasteiger partial charge in [0.25, 0.3) is 0 Å². The van der Waals surface area contributed by atoms with Crippen molar-refractivity contribution in [1.82, 2.24) is 4.98 Å². The van der Waals surface area contributed by atoms with Crippen molar-refractivity contribution in [1.29, 1.82) is 0 Å². The van der Waals surface area contributed by atoms with Crippen LogP contribution in [-0.4, -0.2) is 10.1 Å². The summed E-state index contributed by atoms with van der Waals surface area (Å²) in [4.78, 5) is 5.44. The first kappa shape index (κ1) is 11.3. The fourth-order valence-corrected chi connectivity index (χ4v) is 2.62. The lowest BCUT2D eigenvalue weighted by Crippen LogP contribution is -1.88. The zero-order valence-electron chi connectivity index (χ0n) is 9.69. The Morgan fingerprint density at radius 2 is 1.81 bits per heavy atom. The Morgan fingerprint density at radius 1 is 1.19 bits per heavy atom. The van der Waals surface area contributed by atoms with E-state index >= 15 is 0 Å². The summed E-state index contributed by atoms with van der Waals surface area (Å²) in [5.41, 5.74) is 3.29. The largest absolute Gasteiger partial charge is 0.388 e. The molecule has 0 saturated heterocycles. The van der Waals surface area contributed by atoms with Gasteiger partial charge in [-0.2, -0.15) is 0 Å². The molecule has 1 heterocycles. The van der Waals surface area contributed by atoms with E-state index in [0.29, 0.717) is 0 Å². The fraction of sp³-hybridized carbons (Fsp3) is 0.308. The van der Waals surface area contributed by atoms with Gasteiger partial charge < -0.3 is 5.11 Å². The van der Waals surface area contributed by atoms with Crippen LogP contribution in [-0.2, 0) is 0 Å². The molecule has 0 aliphatic heterocycles. The summed E-state index contributed by atoms with van der Waals surface area (Å²) in [6.07, 6.45) is -0.434. The number of aryl methyl sites for hydroxylation is 2. The summed E-state index contributed by atoms with van der Waals surface area (Å²) < 4.78 is 0. The number of benzene rings is 1. The smallest absolute Gasteiger partial charge is 0.123 e. The van der Waals surface area contributed by atoms with Crippen LogP contribution in [0.2, 0.25) is 0 Å². The van der Waals surface area contributed by atoms with E-state index in [1.165, 1.54) is 5.56 Å². The summed E-state index contributed by atoms with van der Waals surface area (Å²) >= 11 is 1.57. The summed E-state index contributed by atoms with van der Waals surface area (Å²) in [6.45, 7) is 5.79. The molecule has 1 unspecified atom stereocenters. The molecule has 1 aromatic heterocycles. The number of aliphatic hydroxyl groups excluding tert-OH is 1. The summed E-state index contributed by atoms with van der Waals surface area (Å²) in [6, 6.07) is 8.29. The zero-order valence-corrected chi connectivity index (χ0v) is 10.5. The standard InChI is InChI=1S/C13H15NOS/c1-8-4-6-11(7-5-8)13-14-9(2)12(16-13)10(3)15/h4-7,10,15H,1-3H3. The van der Waals surface area contributed by atoms with E-state index in [4.69, 9.17) is 0 Å². The highest BCUT2D eigenvalue weighted by Gasteiger charge is 2.12. The molecule has 1 atom stereocenters. The van der Waals surface area contributed by atoms with Crippen LogP contribution in [0.4, 0.5) is 0 Å². The molecule has 0 spiro atoms. The minimum atomic E-state index is -0.434. The van der Waals surface area contributed by atoms with Gasteiger partial charge in [0.05, 0.1) is 16.7 Å². The number of nitrogens with zero attached hydrogens (tertiary/aromatic N) is 1. The number of hydrogen-bond donors (Lipinski definition) is 1. The van der Waals surface area contributed by atoms with Crippen LogP contribution in [0.25, 0.3) is 10.6 Å². The molecule has 2 nitrogen and oxygen atoms in total.